The Balaban J connectivity index is 1.26. The molecule has 0 aliphatic heterocycles. The van der Waals surface area contributed by atoms with Gasteiger partial charge < -0.3 is 4.74 Å². The first-order valence-corrected chi connectivity index (χ1v) is 14.9. The first-order valence-electron chi connectivity index (χ1n) is 14.9. The van der Waals surface area contributed by atoms with Crippen LogP contribution in [0.25, 0.3) is 10.8 Å². The van der Waals surface area contributed by atoms with Gasteiger partial charge in [0.05, 0.1) is 29.4 Å². The molecule has 1 fully saturated rings. The Kier molecular flexibility index (Phi) is 9.68. The average Bonchev–Trinajstić information content (AvgIpc) is 3.02. The summed E-state index contributed by atoms with van der Waals surface area (Å²) >= 11 is 0. The number of hydrogen-bond acceptors (Lipinski definition) is 5. The van der Waals surface area contributed by atoms with E-state index in [1.807, 2.05) is 48.5 Å². The second-order valence-electron chi connectivity index (χ2n) is 10.8. The molecule has 0 bridgehead atoms. The van der Waals surface area contributed by atoms with Crippen molar-refractivity contribution in [2.24, 2.45) is 26.4 Å². The third kappa shape index (κ3) is 7.20. The predicted octanol–water partition coefficient (Wildman–Crippen LogP) is 11.9. The molecule has 5 nitrogen and oxygen atoms in total. The molecule has 1 aliphatic carbocycles. The van der Waals surface area contributed by atoms with E-state index in [9.17, 15) is 0 Å². The highest BCUT2D eigenvalue weighted by Crippen LogP contribution is 2.39. The number of fused-ring (bicyclic) bond motifs is 1. The quantitative estimate of drug-likeness (QED) is 0.177. The lowest BCUT2D eigenvalue weighted by Gasteiger charge is -2.28. The lowest BCUT2D eigenvalue weighted by Crippen LogP contribution is -2.13. The summed E-state index contributed by atoms with van der Waals surface area (Å²) in [6.07, 6.45) is 10.4. The van der Waals surface area contributed by atoms with Crippen molar-refractivity contribution in [2.75, 3.05) is 6.61 Å². The summed E-state index contributed by atoms with van der Waals surface area (Å²) in [5.74, 6) is 2.46. The molecule has 206 valence electrons. The molecule has 0 unspecified atom stereocenters. The molecule has 5 heteroatoms. The monoisotopic (exact) mass is 532 g/mol. The number of azo groups is 2. The third-order valence-electron chi connectivity index (χ3n) is 7.91. The fourth-order valence-corrected chi connectivity index (χ4v) is 5.58. The Morgan fingerprint density at radius 3 is 1.75 bits per heavy atom. The van der Waals surface area contributed by atoms with Gasteiger partial charge >= 0.3 is 0 Å². The maximum Gasteiger partial charge on any atom is 0.119 e. The van der Waals surface area contributed by atoms with Crippen molar-refractivity contribution in [3.05, 3.63) is 90.5 Å². The highest BCUT2D eigenvalue weighted by molar-refractivity contribution is 5.99. The topological polar surface area (TPSA) is 58.7 Å². The molecule has 1 aliphatic rings. The van der Waals surface area contributed by atoms with E-state index >= 15 is 0 Å². The van der Waals surface area contributed by atoms with Crippen LogP contribution in [0.4, 0.5) is 22.7 Å². The number of benzene rings is 4. The molecule has 5 rings (SSSR count). The van der Waals surface area contributed by atoms with Crippen LogP contribution in [0.1, 0.15) is 76.7 Å². The minimum Gasteiger partial charge on any atom is -0.494 e. The molecule has 0 saturated heterocycles. The summed E-state index contributed by atoms with van der Waals surface area (Å²) in [5.41, 5.74) is 4.72. The summed E-state index contributed by atoms with van der Waals surface area (Å²) in [6.45, 7) is 5.10. The van der Waals surface area contributed by atoms with E-state index in [2.05, 4.69) is 70.7 Å². The highest BCUT2D eigenvalue weighted by Gasteiger charge is 2.21. The van der Waals surface area contributed by atoms with Gasteiger partial charge in [0.25, 0.3) is 0 Å². The largest absolute Gasteiger partial charge is 0.494 e. The zero-order valence-electron chi connectivity index (χ0n) is 23.8. The van der Waals surface area contributed by atoms with Crippen LogP contribution in [-0.2, 0) is 0 Å². The minimum absolute atomic E-state index is 0.682. The Hall–Kier alpha value is -3.86. The molecule has 0 radical (unpaired) electrons. The molecule has 40 heavy (non-hydrogen) atoms. The summed E-state index contributed by atoms with van der Waals surface area (Å²) < 4.78 is 5.65. The van der Waals surface area contributed by atoms with Crippen molar-refractivity contribution in [3.63, 3.8) is 0 Å². The van der Waals surface area contributed by atoms with Crippen LogP contribution in [-0.4, -0.2) is 6.61 Å². The van der Waals surface area contributed by atoms with Crippen LogP contribution >= 0.6 is 0 Å². The van der Waals surface area contributed by atoms with Crippen molar-refractivity contribution in [1.29, 1.82) is 0 Å². The van der Waals surface area contributed by atoms with Gasteiger partial charge in [-0.1, -0.05) is 69.5 Å². The predicted molar refractivity (Wildman–Crippen MR) is 165 cm³/mol. The molecule has 4 aromatic rings. The van der Waals surface area contributed by atoms with Crippen molar-refractivity contribution < 1.29 is 4.74 Å². The summed E-state index contributed by atoms with van der Waals surface area (Å²) in [4.78, 5) is 0. The summed E-state index contributed by atoms with van der Waals surface area (Å²) in [7, 11) is 0. The molecule has 0 spiro atoms. The van der Waals surface area contributed by atoms with Crippen LogP contribution in [0.3, 0.4) is 0 Å². The van der Waals surface area contributed by atoms with Crippen molar-refractivity contribution in [2.45, 2.75) is 71.1 Å². The Bertz CT molecular complexity index is 1420. The van der Waals surface area contributed by atoms with Gasteiger partial charge in [0.15, 0.2) is 0 Å². The molecule has 0 atom stereocenters. The van der Waals surface area contributed by atoms with Gasteiger partial charge in [-0.05, 0) is 98.0 Å². The SMILES string of the molecule is CCCCC1CCC(c2ccc(N=Nc3ccc(N=Nc4ccc(OCCC)cc4)c4ccccc34)cc2)CC1. The number of unbranched alkanes of at least 4 members (excludes halogenated alkanes) is 1. The number of hydrogen-bond donors (Lipinski definition) is 0. The molecule has 4 aromatic carbocycles. The van der Waals surface area contributed by atoms with Crippen molar-refractivity contribution >= 4 is 33.5 Å². The van der Waals surface area contributed by atoms with Crippen molar-refractivity contribution in [1.82, 2.24) is 0 Å². The Morgan fingerprint density at radius 1 is 0.625 bits per heavy atom. The molecule has 0 N–H and O–H groups in total. The maximum absolute atomic E-state index is 5.65. The van der Waals surface area contributed by atoms with Crippen molar-refractivity contribution in [3.8, 4) is 5.75 Å². The molecule has 0 heterocycles. The Morgan fingerprint density at radius 2 is 1.20 bits per heavy atom. The van der Waals surface area contributed by atoms with E-state index < -0.39 is 0 Å². The summed E-state index contributed by atoms with van der Waals surface area (Å²) in [6, 6.07) is 28.5. The van der Waals surface area contributed by atoms with Crippen LogP contribution in [0.15, 0.2) is 105 Å². The third-order valence-corrected chi connectivity index (χ3v) is 7.91. The normalized spacial score (nSPS) is 17.6. The maximum atomic E-state index is 5.65. The van der Waals surface area contributed by atoms with Crippen LogP contribution in [0, 0.1) is 5.92 Å². The highest BCUT2D eigenvalue weighted by atomic mass is 16.5. The molecular weight excluding hydrogens is 492 g/mol. The zero-order chi connectivity index (χ0) is 27.6. The van der Waals surface area contributed by atoms with E-state index in [1.165, 1.54) is 50.5 Å². The number of ether oxygens (including phenoxy) is 1. The van der Waals surface area contributed by atoms with Crippen LogP contribution < -0.4 is 4.74 Å². The second-order valence-corrected chi connectivity index (χ2v) is 10.8. The fraction of sp³-hybridized carbons (Fsp3) is 0.371. The van der Waals surface area contributed by atoms with E-state index in [1.54, 1.807) is 0 Å². The van der Waals surface area contributed by atoms with E-state index in [0.717, 1.165) is 51.6 Å². The molecule has 0 amide bonds. The van der Waals surface area contributed by atoms with Gasteiger partial charge in [0, 0.05) is 10.8 Å². The Labute approximate surface area is 238 Å². The van der Waals surface area contributed by atoms with E-state index in [-0.39, 0.29) is 0 Å². The smallest absolute Gasteiger partial charge is 0.119 e. The van der Waals surface area contributed by atoms with Gasteiger partial charge in [-0.3, -0.25) is 0 Å². The van der Waals surface area contributed by atoms with Gasteiger partial charge in [0.2, 0.25) is 0 Å². The molecule has 0 aromatic heterocycles. The zero-order valence-corrected chi connectivity index (χ0v) is 23.8. The second kappa shape index (κ2) is 14.0. The van der Waals surface area contributed by atoms with Gasteiger partial charge in [-0.2, -0.15) is 10.2 Å². The standard InChI is InChI=1S/C35H40N4O/c1-3-5-8-26-11-13-27(14-12-26)28-15-17-29(18-16-28)36-38-34-23-24-35(33-10-7-6-9-32(33)34)39-37-30-19-21-31(22-20-30)40-25-4-2/h6-7,9-10,15-24,26-27H,3-5,8,11-14,25H2,1-2H3. The van der Waals surface area contributed by atoms with E-state index in [0.29, 0.717) is 12.5 Å². The van der Waals surface area contributed by atoms with Crippen LogP contribution in [0.2, 0.25) is 0 Å². The van der Waals surface area contributed by atoms with E-state index in [4.69, 9.17) is 4.74 Å². The first kappa shape index (κ1) is 27.7. The van der Waals surface area contributed by atoms with Crippen LogP contribution in [0.5, 0.6) is 5.75 Å². The van der Waals surface area contributed by atoms with Gasteiger partial charge in [-0.25, -0.2) is 0 Å². The fourth-order valence-electron chi connectivity index (χ4n) is 5.58. The van der Waals surface area contributed by atoms with Gasteiger partial charge in [0.1, 0.15) is 5.75 Å². The molecule has 1 saturated carbocycles. The first-order chi connectivity index (χ1) is 19.7. The average molecular weight is 533 g/mol. The number of nitrogens with zero attached hydrogens (tertiary/aromatic N) is 4. The molecular formula is C35H40N4O. The van der Waals surface area contributed by atoms with Gasteiger partial charge in [-0.15, -0.1) is 10.2 Å². The lowest BCUT2D eigenvalue weighted by atomic mass is 9.77. The minimum atomic E-state index is 0.682. The summed E-state index contributed by atoms with van der Waals surface area (Å²) in [5, 5.41) is 20.2. The lowest BCUT2D eigenvalue weighted by molar-refractivity contribution is 0.304. The number of rotatable bonds is 11.